The van der Waals surface area contributed by atoms with Gasteiger partial charge in [0, 0.05) is 23.6 Å². The van der Waals surface area contributed by atoms with Crippen molar-refractivity contribution in [2.75, 3.05) is 7.11 Å². The van der Waals surface area contributed by atoms with Gasteiger partial charge in [0.1, 0.15) is 17.3 Å². The first-order valence-electron chi connectivity index (χ1n) is 5.00. The van der Waals surface area contributed by atoms with Gasteiger partial charge in [-0.3, -0.25) is 4.79 Å². The number of ketones is 1. The molecule has 5 heteroatoms. The number of carbonyl (C=O) groups is 2. The maximum absolute atomic E-state index is 11.2. The molecular weight excluding hydrogens is 224 g/mol. The van der Waals surface area contributed by atoms with Crippen molar-refractivity contribution in [2.24, 2.45) is 0 Å². The van der Waals surface area contributed by atoms with Crippen LogP contribution in [0.2, 0.25) is 0 Å². The molecule has 0 bridgehead atoms. The van der Waals surface area contributed by atoms with E-state index in [4.69, 9.17) is 9.84 Å². The zero-order chi connectivity index (χ0) is 13.2. The first-order valence-corrected chi connectivity index (χ1v) is 5.00. The van der Waals surface area contributed by atoms with Crippen LogP contribution in [-0.2, 0) is 11.2 Å². The van der Waals surface area contributed by atoms with E-state index >= 15 is 0 Å². The first kappa shape index (κ1) is 13.0. The number of carboxylic acid groups (broad SMARTS) is 1. The highest BCUT2D eigenvalue weighted by molar-refractivity contribution is 5.95. The van der Waals surface area contributed by atoms with Crippen molar-refractivity contribution < 1.29 is 24.5 Å². The average Bonchev–Trinajstić information content (AvgIpc) is 2.22. The predicted molar refractivity (Wildman–Crippen MR) is 60.7 cm³/mol. The van der Waals surface area contributed by atoms with Crippen molar-refractivity contribution in [3.05, 3.63) is 22.8 Å². The molecule has 0 aromatic heterocycles. The van der Waals surface area contributed by atoms with Crippen molar-refractivity contribution in [1.82, 2.24) is 0 Å². The summed E-state index contributed by atoms with van der Waals surface area (Å²) in [6, 6.07) is 1.32. The Morgan fingerprint density at radius 2 is 2.00 bits per heavy atom. The summed E-state index contributed by atoms with van der Waals surface area (Å²) in [7, 11) is 1.36. The van der Waals surface area contributed by atoms with Gasteiger partial charge in [0.2, 0.25) is 0 Å². The van der Waals surface area contributed by atoms with Crippen LogP contribution < -0.4 is 4.74 Å². The lowest BCUT2D eigenvalue weighted by Gasteiger charge is -2.14. The van der Waals surface area contributed by atoms with Gasteiger partial charge in [-0.1, -0.05) is 0 Å². The van der Waals surface area contributed by atoms with E-state index in [0.29, 0.717) is 5.56 Å². The van der Waals surface area contributed by atoms with Crippen molar-refractivity contribution in [2.45, 2.75) is 20.3 Å². The molecule has 1 aromatic rings. The van der Waals surface area contributed by atoms with Crippen LogP contribution in [0.1, 0.15) is 28.4 Å². The summed E-state index contributed by atoms with van der Waals surface area (Å²) in [6.07, 6.45) is -0.0358. The zero-order valence-corrected chi connectivity index (χ0v) is 9.90. The van der Waals surface area contributed by atoms with Crippen LogP contribution in [0.4, 0.5) is 0 Å². The Labute approximate surface area is 98.6 Å². The van der Waals surface area contributed by atoms with Crippen LogP contribution in [0.15, 0.2) is 6.07 Å². The minimum absolute atomic E-state index is 0.0358. The number of carboxylic acids is 1. The molecule has 0 heterocycles. The summed E-state index contributed by atoms with van der Waals surface area (Å²) in [6.45, 7) is 2.86. The van der Waals surface area contributed by atoms with E-state index in [1.165, 1.54) is 27.0 Å². The van der Waals surface area contributed by atoms with Gasteiger partial charge in [-0.25, -0.2) is 4.79 Å². The van der Waals surface area contributed by atoms with E-state index in [2.05, 4.69) is 0 Å². The van der Waals surface area contributed by atoms with Crippen LogP contribution in [-0.4, -0.2) is 29.1 Å². The van der Waals surface area contributed by atoms with E-state index in [1.54, 1.807) is 0 Å². The molecule has 1 aromatic carbocycles. The molecule has 0 fully saturated rings. The molecule has 1 rings (SSSR count). The average molecular weight is 238 g/mol. The largest absolute Gasteiger partial charge is 0.508 e. The van der Waals surface area contributed by atoms with Crippen LogP contribution in [0, 0.1) is 6.92 Å². The van der Waals surface area contributed by atoms with Gasteiger partial charge in [-0.05, 0) is 13.8 Å². The normalized spacial score (nSPS) is 10.1. The lowest BCUT2D eigenvalue weighted by molar-refractivity contribution is -0.116. The quantitative estimate of drug-likeness (QED) is 0.831. The fourth-order valence-corrected chi connectivity index (χ4v) is 1.69. The number of benzene rings is 1. The van der Waals surface area contributed by atoms with Gasteiger partial charge in [0.05, 0.1) is 12.7 Å². The van der Waals surface area contributed by atoms with Gasteiger partial charge in [-0.15, -0.1) is 0 Å². The number of hydrogen-bond acceptors (Lipinski definition) is 4. The highest BCUT2D eigenvalue weighted by atomic mass is 16.5. The summed E-state index contributed by atoms with van der Waals surface area (Å²) in [5, 5.41) is 18.7. The molecule has 92 valence electrons. The lowest BCUT2D eigenvalue weighted by atomic mass is 9.96. The van der Waals surface area contributed by atoms with E-state index in [0.717, 1.165) is 0 Å². The molecular formula is C12H14O5. The Balaban J connectivity index is 3.55. The SMILES string of the molecule is COc1cc(O)c(C)c(C(=O)O)c1CC(C)=O. The minimum Gasteiger partial charge on any atom is -0.508 e. The summed E-state index contributed by atoms with van der Waals surface area (Å²) >= 11 is 0. The number of aromatic hydroxyl groups is 1. The molecule has 17 heavy (non-hydrogen) atoms. The number of rotatable bonds is 4. The maximum Gasteiger partial charge on any atom is 0.336 e. The van der Waals surface area contributed by atoms with Crippen molar-refractivity contribution in [3.63, 3.8) is 0 Å². The summed E-state index contributed by atoms with van der Waals surface area (Å²) in [5.74, 6) is -1.31. The number of methoxy groups -OCH3 is 1. The number of carbonyl (C=O) groups excluding carboxylic acids is 1. The Kier molecular flexibility index (Phi) is 3.73. The van der Waals surface area contributed by atoms with Crippen molar-refractivity contribution in [3.8, 4) is 11.5 Å². The molecule has 0 aliphatic heterocycles. The second kappa shape index (κ2) is 4.86. The zero-order valence-electron chi connectivity index (χ0n) is 9.90. The topological polar surface area (TPSA) is 83.8 Å². The Morgan fingerprint density at radius 3 is 2.41 bits per heavy atom. The highest BCUT2D eigenvalue weighted by Gasteiger charge is 2.21. The van der Waals surface area contributed by atoms with E-state index in [-0.39, 0.29) is 34.8 Å². The summed E-state index contributed by atoms with van der Waals surface area (Å²) in [4.78, 5) is 22.3. The predicted octanol–water partition coefficient (Wildman–Crippen LogP) is 1.54. The third-order valence-electron chi connectivity index (χ3n) is 2.49. The fourth-order valence-electron chi connectivity index (χ4n) is 1.69. The Bertz CT molecular complexity index is 476. The summed E-state index contributed by atoms with van der Waals surface area (Å²) < 4.78 is 5.00. The van der Waals surface area contributed by atoms with Crippen LogP contribution in [0.5, 0.6) is 11.5 Å². The molecule has 2 N–H and O–H groups in total. The number of hydrogen-bond donors (Lipinski definition) is 2. The van der Waals surface area contributed by atoms with Gasteiger partial charge in [-0.2, -0.15) is 0 Å². The minimum atomic E-state index is -1.19. The van der Waals surface area contributed by atoms with Crippen molar-refractivity contribution in [1.29, 1.82) is 0 Å². The van der Waals surface area contributed by atoms with Crippen LogP contribution in [0.25, 0.3) is 0 Å². The molecule has 0 aliphatic carbocycles. The fraction of sp³-hybridized carbons (Fsp3) is 0.333. The Hall–Kier alpha value is -2.04. The smallest absolute Gasteiger partial charge is 0.336 e. The Morgan fingerprint density at radius 1 is 1.41 bits per heavy atom. The highest BCUT2D eigenvalue weighted by Crippen LogP contribution is 2.33. The third kappa shape index (κ3) is 2.55. The molecule has 0 aliphatic rings. The van der Waals surface area contributed by atoms with Crippen LogP contribution >= 0.6 is 0 Å². The van der Waals surface area contributed by atoms with Gasteiger partial charge < -0.3 is 14.9 Å². The second-order valence-electron chi connectivity index (χ2n) is 3.76. The van der Waals surface area contributed by atoms with E-state index in [9.17, 15) is 14.7 Å². The molecule has 0 saturated carbocycles. The van der Waals surface area contributed by atoms with Gasteiger partial charge in [0.15, 0.2) is 0 Å². The lowest BCUT2D eigenvalue weighted by Crippen LogP contribution is -2.10. The molecule has 0 saturated heterocycles. The molecule has 0 amide bonds. The number of phenols is 1. The molecule has 0 atom stereocenters. The van der Waals surface area contributed by atoms with Gasteiger partial charge in [0.25, 0.3) is 0 Å². The first-order chi connectivity index (χ1) is 7.88. The number of phenolic OH excluding ortho intramolecular Hbond substituents is 1. The van der Waals surface area contributed by atoms with Crippen molar-refractivity contribution >= 4 is 11.8 Å². The monoisotopic (exact) mass is 238 g/mol. The molecule has 0 unspecified atom stereocenters. The molecule has 0 radical (unpaired) electrons. The molecule has 5 nitrogen and oxygen atoms in total. The van der Waals surface area contributed by atoms with E-state index < -0.39 is 5.97 Å². The number of ether oxygens (including phenoxy) is 1. The van der Waals surface area contributed by atoms with Crippen LogP contribution in [0.3, 0.4) is 0 Å². The molecule has 0 spiro atoms. The third-order valence-corrected chi connectivity index (χ3v) is 2.49. The standard InChI is InChI=1S/C12H14O5/c1-6(13)4-8-10(17-3)5-9(14)7(2)11(8)12(15)16/h5,14H,4H2,1-3H3,(H,15,16). The number of Topliss-reactive ketones (excluding diaryl/α,β-unsaturated/α-hetero) is 1. The van der Waals surface area contributed by atoms with Gasteiger partial charge >= 0.3 is 5.97 Å². The number of aromatic carboxylic acids is 1. The second-order valence-corrected chi connectivity index (χ2v) is 3.76. The summed E-state index contributed by atoms with van der Waals surface area (Å²) in [5.41, 5.74) is 0.453. The maximum atomic E-state index is 11.2. The van der Waals surface area contributed by atoms with E-state index in [1.807, 2.05) is 0 Å².